The first-order valence-corrected chi connectivity index (χ1v) is 5.84. The summed E-state index contributed by atoms with van der Waals surface area (Å²) in [5.41, 5.74) is 1.50. The quantitative estimate of drug-likeness (QED) is 0.911. The van der Waals surface area contributed by atoms with Gasteiger partial charge in [0, 0.05) is 13.1 Å². The molecule has 0 fully saturated rings. The fourth-order valence-electron chi connectivity index (χ4n) is 1.61. The highest BCUT2D eigenvalue weighted by atomic mass is 16.5. The van der Waals surface area contributed by atoms with Crippen LogP contribution < -0.4 is 10.1 Å². The van der Waals surface area contributed by atoms with Crippen LogP contribution in [0.15, 0.2) is 24.3 Å². The van der Waals surface area contributed by atoms with Crippen LogP contribution in [-0.4, -0.2) is 17.0 Å². The lowest BCUT2D eigenvalue weighted by atomic mass is 10.1. The highest BCUT2D eigenvalue weighted by Crippen LogP contribution is 2.25. The summed E-state index contributed by atoms with van der Waals surface area (Å²) in [6.45, 7) is 3.72. The van der Waals surface area contributed by atoms with Crippen LogP contribution in [0.5, 0.6) is 11.6 Å². The van der Waals surface area contributed by atoms with Gasteiger partial charge in [0.25, 0.3) is 0 Å². The number of ether oxygens (including phenoxy) is 1. The molecule has 19 heavy (non-hydrogen) atoms. The topological polar surface area (TPSA) is 70.8 Å². The zero-order valence-electron chi connectivity index (χ0n) is 11.1. The van der Waals surface area contributed by atoms with Crippen LogP contribution in [-0.2, 0) is 0 Å². The summed E-state index contributed by atoms with van der Waals surface area (Å²) in [6, 6.07) is 9.11. The molecule has 5 nitrogen and oxygen atoms in total. The number of aryl methyl sites for hydroxylation is 2. The van der Waals surface area contributed by atoms with E-state index in [4.69, 9.17) is 10.00 Å². The summed E-state index contributed by atoms with van der Waals surface area (Å²) < 4.78 is 5.73. The number of anilines is 1. The minimum Gasteiger partial charge on any atom is -0.439 e. The Bertz CT molecular complexity index is 646. The van der Waals surface area contributed by atoms with E-state index in [1.165, 1.54) is 0 Å². The number of nitriles is 1. The van der Waals surface area contributed by atoms with Crippen molar-refractivity contribution in [1.29, 1.82) is 5.26 Å². The molecular weight excluding hydrogens is 240 g/mol. The molecular formula is C14H14N4O. The molecule has 0 saturated carbocycles. The Morgan fingerprint density at radius 3 is 2.68 bits per heavy atom. The van der Waals surface area contributed by atoms with Crippen LogP contribution in [0.3, 0.4) is 0 Å². The molecule has 1 heterocycles. The van der Waals surface area contributed by atoms with Gasteiger partial charge >= 0.3 is 0 Å². The van der Waals surface area contributed by atoms with Gasteiger partial charge in [-0.05, 0) is 31.5 Å². The highest BCUT2D eigenvalue weighted by Gasteiger charge is 2.06. The molecule has 0 radical (unpaired) electrons. The maximum absolute atomic E-state index is 8.90. The monoisotopic (exact) mass is 254 g/mol. The molecule has 0 amide bonds. The lowest BCUT2D eigenvalue weighted by Crippen LogP contribution is -1.99. The van der Waals surface area contributed by atoms with Gasteiger partial charge in [0.15, 0.2) is 0 Å². The number of rotatable bonds is 3. The van der Waals surface area contributed by atoms with Crippen LogP contribution in [0.25, 0.3) is 0 Å². The first-order chi connectivity index (χ1) is 9.12. The summed E-state index contributed by atoms with van der Waals surface area (Å²) >= 11 is 0. The summed E-state index contributed by atoms with van der Waals surface area (Å²) in [4.78, 5) is 8.41. The van der Waals surface area contributed by atoms with E-state index in [-0.39, 0.29) is 0 Å². The Kier molecular flexibility index (Phi) is 3.62. The molecule has 2 rings (SSSR count). The van der Waals surface area contributed by atoms with E-state index in [2.05, 4.69) is 21.4 Å². The lowest BCUT2D eigenvalue weighted by molar-refractivity contribution is 0.456. The Morgan fingerprint density at radius 2 is 2.00 bits per heavy atom. The second-order valence-corrected chi connectivity index (χ2v) is 4.08. The molecule has 0 aliphatic heterocycles. The summed E-state index contributed by atoms with van der Waals surface area (Å²) in [6.07, 6.45) is 0. The Hall–Kier alpha value is -2.61. The molecule has 0 bridgehead atoms. The van der Waals surface area contributed by atoms with Crippen molar-refractivity contribution in [3.8, 4) is 17.7 Å². The third-order valence-corrected chi connectivity index (χ3v) is 2.60. The third kappa shape index (κ3) is 2.99. The molecule has 0 saturated heterocycles. The summed E-state index contributed by atoms with van der Waals surface area (Å²) in [5.74, 6) is 2.39. The molecule has 0 aliphatic rings. The summed E-state index contributed by atoms with van der Waals surface area (Å²) in [5, 5.41) is 11.9. The minimum absolute atomic E-state index is 0.454. The maximum atomic E-state index is 8.90. The molecule has 1 aromatic heterocycles. The number of hydrogen-bond acceptors (Lipinski definition) is 5. The molecule has 1 aromatic carbocycles. The van der Waals surface area contributed by atoms with Crippen LogP contribution in [0, 0.1) is 25.2 Å². The van der Waals surface area contributed by atoms with Crippen LogP contribution in [0.4, 0.5) is 5.82 Å². The molecule has 0 atom stereocenters. The Morgan fingerprint density at radius 1 is 1.21 bits per heavy atom. The fraction of sp³-hybridized carbons (Fsp3) is 0.214. The van der Waals surface area contributed by atoms with E-state index in [0.717, 1.165) is 5.56 Å². The maximum Gasteiger partial charge on any atom is 0.224 e. The zero-order valence-corrected chi connectivity index (χ0v) is 11.1. The average Bonchev–Trinajstić information content (AvgIpc) is 2.40. The minimum atomic E-state index is 0.454. The molecule has 0 aliphatic carbocycles. The van der Waals surface area contributed by atoms with Gasteiger partial charge in [-0.1, -0.05) is 6.07 Å². The van der Waals surface area contributed by atoms with Crippen molar-refractivity contribution < 1.29 is 4.74 Å². The highest BCUT2D eigenvalue weighted by molar-refractivity contribution is 5.45. The Labute approximate surface area is 111 Å². The second kappa shape index (κ2) is 5.36. The normalized spacial score (nSPS) is 9.79. The van der Waals surface area contributed by atoms with Gasteiger partial charge in [0.2, 0.25) is 5.88 Å². The number of aromatic nitrogens is 2. The summed E-state index contributed by atoms with van der Waals surface area (Å²) in [7, 11) is 1.78. The van der Waals surface area contributed by atoms with Gasteiger partial charge in [-0.2, -0.15) is 10.2 Å². The third-order valence-electron chi connectivity index (χ3n) is 2.60. The van der Waals surface area contributed by atoms with Crippen molar-refractivity contribution in [2.45, 2.75) is 13.8 Å². The number of benzene rings is 1. The van der Waals surface area contributed by atoms with E-state index >= 15 is 0 Å². The molecule has 1 N–H and O–H groups in total. The lowest BCUT2D eigenvalue weighted by Gasteiger charge is -2.09. The van der Waals surface area contributed by atoms with Crippen LogP contribution in [0.2, 0.25) is 0 Å². The van der Waals surface area contributed by atoms with E-state index in [1.54, 1.807) is 32.2 Å². The molecule has 5 heteroatoms. The van der Waals surface area contributed by atoms with E-state index in [0.29, 0.717) is 28.8 Å². The SMILES string of the molecule is CNc1cc(Oc2cc(C#N)ccc2C)nc(C)n1. The second-order valence-electron chi connectivity index (χ2n) is 4.08. The van der Waals surface area contributed by atoms with Gasteiger partial charge in [0.1, 0.15) is 17.4 Å². The van der Waals surface area contributed by atoms with Gasteiger partial charge in [0.05, 0.1) is 11.6 Å². The van der Waals surface area contributed by atoms with Crippen molar-refractivity contribution in [2.24, 2.45) is 0 Å². The largest absolute Gasteiger partial charge is 0.439 e. The number of nitrogens with one attached hydrogen (secondary N) is 1. The van der Waals surface area contributed by atoms with Gasteiger partial charge < -0.3 is 10.1 Å². The van der Waals surface area contributed by atoms with Crippen molar-refractivity contribution in [3.05, 3.63) is 41.2 Å². The first-order valence-electron chi connectivity index (χ1n) is 5.84. The smallest absolute Gasteiger partial charge is 0.224 e. The van der Waals surface area contributed by atoms with Crippen molar-refractivity contribution >= 4 is 5.82 Å². The Balaban J connectivity index is 2.36. The van der Waals surface area contributed by atoms with E-state index in [1.807, 2.05) is 13.0 Å². The first kappa shape index (κ1) is 12.8. The van der Waals surface area contributed by atoms with Crippen molar-refractivity contribution in [3.63, 3.8) is 0 Å². The molecule has 0 spiro atoms. The van der Waals surface area contributed by atoms with E-state index < -0.39 is 0 Å². The van der Waals surface area contributed by atoms with Gasteiger partial charge in [-0.25, -0.2) is 4.98 Å². The predicted octanol–water partition coefficient (Wildman–Crippen LogP) is 2.80. The van der Waals surface area contributed by atoms with Crippen molar-refractivity contribution in [2.75, 3.05) is 12.4 Å². The van der Waals surface area contributed by atoms with Gasteiger partial charge in [-0.3, -0.25) is 0 Å². The number of hydrogen-bond donors (Lipinski definition) is 1. The van der Waals surface area contributed by atoms with E-state index in [9.17, 15) is 0 Å². The fourth-order valence-corrected chi connectivity index (χ4v) is 1.61. The van der Waals surface area contributed by atoms with Crippen molar-refractivity contribution in [1.82, 2.24) is 9.97 Å². The average molecular weight is 254 g/mol. The zero-order chi connectivity index (χ0) is 13.8. The van der Waals surface area contributed by atoms with Crippen LogP contribution >= 0.6 is 0 Å². The standard InChI is InChI=1S/C14H14N4O/c1-9-4-5-11(8-15)6-12(9)19-14-7-13(16-3)17-10(2)18-14/h4-7H,1-3H3,(H,16,17,18). The van der Waals surface area contributed by atoms with Crippen LogP contribution in [0.1, 0.15) is 17.0 Å². The number of nitrogens with zero attached hydrogens (tertiary/aromatic N) is 3. The van der Waals surface area contributed by atoms with Gasteiger partial charge in [-0.15, -0.1) is 0 Å². The molecule has 2 aromatic rings. The predicted molar refractivity (Wildman–Crippen MR) is 72.3 cm³/mol. The molecule has 96 valence electrons. The molecule has 0 unspecified atom stereocenters.